The number of likely N-dealkylation sites (N-methyl/N-ethyl adjacent to an activating group) is 1. The summed E-state index contributed by atoms with van der Waals surface area (Å²) in [5.41, 5.74) is 1.90. The van der Waals surface area contributed by atoms with Crippen molar-refractivity contribution >= 4 is 11.9 Å². The van der Waals surface area contributed by atoms with E-state index in [1.807, 2.05) is 27.7 Å². The molecule has 4 aliphatic rings. The zero-order valence-electron chi connectivity index (χ0n) is 21.6. The van der Waals surface area contributed by atoms with E-state index in [1.54, 1.807) is 4.90 Å². The van der Waals surface area contributed by atoms with Gasteiger partial charge < -0.3 is 14.7 Å². The molecule has 0 aromatic rings. The molecule has 0 aliphatic heterocycles. The number of ether oxygens (including phenoxy) is 1. The molecule has 0 aromatic carbocycles. The fourth-order valence-electron chi connectivity index (χ4n) is 8.62. The van der Waals surface area contributed by atoms with Crippen molar-refractivity contribution in [3.05, 3.63) is 11.6 Å². The van der Waals surface area contributed by atoms with Crippen molar-refractivity contribution in [1.82, 2.24) is 4.90 Å². The highest BCUT2D eigenvalue weighted by Crippen LogP contribution is 2.66. The number of aliphatic hydroxyl groups excluding tert-OH is 1. The second-order valence-electron chi connectivity index (χ2n) is 12.2. The summed E-state index contributed by atoms with van der Waals surface area (Å²) >= 11 is 0. The van der Waals surface area contributed by atoms with Crippen molar-refractivity contribution in [3.8, 4) is 0 Å². The molecular formula is C28H45NO4. The number of esters is 1. The average molecular weight is 460 g/mol. The molecule has 8 atom stereocenters. The number of carbonyl (C=O) groups is 2. The fraction of sp³-hybridized carbons (Fsp3) is 0.857. The van der Waals surface area contributed by atoms with Crippen LogP contribution in [0.3, 0.4) is 0 Å². The van der Waals surface area contributed by atoms with Gasteiger partial charge in [0.1, 0.15) is 6.10 Å². The first kappa shape index (κ1) is 24.8. The highest BCUT2D eigenvalue weighted by Gasteiger charge is 2.59. The van der Waals surface area contributed by atoms with Gasteiger partial charge in [0.05, 0.1) is 6.10 Å². The maximum Gasteiger partial charge on any atom is 0.397 e. The number of aliphatic hydroxyl groups is 1. The maximum atomic E-state index is 12.7. The van der Waals surface area contributed by atoms with E-state index in [2.05, 4.69) is 19.9 Å². The lowest BCUT2D eigenvalue weighted by atomic mass is 9.47. The molecule has 4 rings (SSSR count). The van der Waals surface area contributed by atoms with E-state index in [1.165, 1.54) is 18.4 Å². The monoisotopic (exact) mass is 459 g/mol. The molecule has 0 radical (unpaired) electrons. The van der Waals surface area contributed by atoms with Gasteiger partial charge in [-0.3, -0.25) is 4.79 Å². The molecule has 0 saturated heterocycles. The average Bonchev–Trinajstić information content (AvgIpc) is 3.11. The molecule has 5 nitrogen and oxygen atoms in total. The van der Waals surface area contributed by atoms with E-state index in [-0.39, 0.29) is 29.1 Å². The Morgan fingerprint density at radius 2 is 1.85 bits per heavy atom. The van der Waals surface area contributed by atoms with Gasteiger partial charge >= 0.3 is 11.9 Å². The summed E-state index contributed by atoms with van der Waals surface area (Å²) in [6.45, 7) is 13.2. The zero-order chi connectivity index (χ0) is 24.1. The van der Waals surface area contributed by atoms with Gasteiger partial charge in [0.15, 0.2) is 0 Å². The van der Waals surface area contributed by atoms with Crippen LogP contribution in [0.2, 0.25) is 0 Å². The number of fused-ring (bicyclic) bond motifs is 5. The Balaban J connectivity index is 1.48. The van der Waals surface area contributed by atoms with Crippen molar-refractivity contribution < 1.29 is 19.4 Å². The number of rotatable bonds is 4. The molecule has 0 heterocycles. The van der Waals surface area contributed by atoms with Crippen LogP contribution in [-0.2, 0) is 14.3 Å². The van der Waals surface area contributed by atoms with Gasteiger partial charge in [-0.25, -0.2) is 4.79 Å². The van der Waals surface area contributed by atoms with E-state index in [4.69, 9.17) is 4.74 Å². The largest absolute Gasteiger partial charge is 0.455 e. The van der Waals surface area contributed by atoms with Crippen LogP contribution < -0.4 is 0 Å². The summed E-state index contributed by atoms with van der Waals surface area (Å²) in [4.78, 5) is 26.9. The number of carbonyl (C=O) groups excluding carboxylic acids is 2. The van der Waals surface area contributed by atoms with E-state index >= 15 is 0 Å². The minimum absolute atomic E-state index is 0.0134. The lowest BCUT2D eigenvalue weighted by molar-refractivity contribution is -0.168. The molecule has 1 unspecified atom stereocenters. The number of nitrogens with zero attached hydrogens (tertiary/aromatic N) is 1. The van der Waals surface area contributed by atoms with Crippen LogP contribution in [0.5, 0.6) is 0 Å². The van der Waals surface area contributed by atoms with Crippen LogP contribution in [0.25, 0.3) is 0 Å². The van der Waals surface area contributed by atoms with E-state index in [0.29, 0.717) is 30.2 Å². The molecule has 4 aliphatic carbocycles. The van der Waals surface area contributed by atoms with Gasteiger partial charge in [0.2, 0.25) is 0 Å². The number of hydrogen-bond donors (Lipinski definition) is 1. The predicted molar refractivity (Wildman–Crippen MR) is 129 cm³/mol. The third kappa shape index (κ3) is 4.06. The Morgan fingerprint density at radius 3 is 2.52 bits per heavy atom. The number of amides is 1. The Hall–Kier alpha value is -1.36. The first-order chi connectivity index (χ1) is 15.5. The molecule has 0 aromatic heterocycles. The summed E-state index contributed by atoms with van der Waals surface area (Å²) in [5, 5.41) is 10.2. The molecule has 186 valence electrons. The molecule has 5 heteroatoms. The summed E-state index contributed by atoms with van der Waals surface area (Å²) < 4.78 is 5.83. The van der Waals surface area contributed by atoms with Crippen LogP contribution in [0.15, 0.2) is 11.6 Å². The summed E-state index contributed by atoms with van der Waals surface area (Å²) in [6.07, 6.45) is 10.7. The van der Waals surface area contributed by atoms with Gasteiger partial charge in [0.25, 0.3) is 0 Å². The van der Waals surface area contributed by atoms with E-state index in [0.717, 1.165) is 38.5 Å². The molecule has 1 N–H and O–H groups in total. The molecule has 33 heavy (non-hydrogen) atoms. The summed E-state index contributed by atoms with van der Waals surface area (Å²) in [7, 11) is 0. The van der Waals surface area contributed by atoms with Crippen LogP contribution >= 0.6 is 0 Å². The van der Waals surface area contributed by atoms with Crippen molar-refractivity contribution in [2.45, 2.75) is 111 Å². The molecule has 0 bridgehead atoms. The second kappa shape index (κ2) is 9.02. The SMILES string of the molecule is CCN(C(=O)C(=O)OC(C)[C@H]1CC[C@H]2[C@@H]3CC=C4C[C@@H](O)CC[C@]4(C)[C@H]3CC[C@]12C)C(C)C. The van der Waals surface area contributed by atoms with E-state index < -0.39 is 11.9 Å². The van der Waals surface area contributed by atoms with Crippen LogP contribution in [0.1, 0.15) is 92.9 Å². The minimum atomic E-state index is -0.697. The van der Waals surface area contributed by atoms with Crippen LogP contribution in [0.4, 0.5) is 0 Å². The quantitative estimate of drug-likeness (QED) is 0.360. The smallest absolute Gasteiger partial charge is 0.397 e. The molecule has 1 amide bonds. The number of allylic oxidation sites excluding steroid dienone is 1. The zero-order valence-corrected chi connectivity index (χ0v) is 21.6. The topological polar surface area (TPSA) is 66.8 Å². The van der Waals surface area contributed by atoms with Crippen molar-refractivity contribution in [1.29, 1.82) is 0 Å². The normalized spacial score (nSPS) is 40.8. The molecule has 3 saturated carbocycles. The van der Waals surface area contributed by atoms with Crippen molar-refractivity contribution in [2.75, 3.05) is 6.54 Å². The van der Waals surface area contributed by atoms with Crippen LogP contribution in [-0.4, -0.2) is 46.7 Å². The van der Waals surface area contributed by atoms with Gasteiger partial charge in [-0.2, -0.15) is 0 Å². The Labute approximate surface area is 200 Å². The van der Waals surface area contributed by atoms with Gasteiger partial charge in [-0.15, -0.1) is 0 Å². The van der Waals surface area contributed by atoms with Crippen molar-refractivity contribution in [3.63, 3.8) is 0 Å². The molecule has 0 spiro atoms. The highest BCUT2D eigenvalue weighted by atomic mass is 16.5. The lowest BCUT2D eigenvalue weighted by Crippen LogP contribution is -2.51. The van der Waals surface area contributed by atoms with Gasteiger partial charge in [-0.05, 0) is 108 Å². The first-order valence-corrected chi connectivity index (χ1v) is 13.4. The fourth-order valence-corrected chi connectivity index (χ4v) is 8.62. The predicted octanol–water partition coefficient (Wildman–Crippen LogP) is 5.11. The Bertz CT molecular complexity index is 806. The van der Waals surface area contributed by atoms with Crippen molar-refractivity contribution in [2.24, 2.45) is 34.5 Å². The summed E-state index contributed by atoms with van der Waals surface area (Å²) in [5.74, 6) is 1.12. The highest BCUT2D eigenvalue weighted by molar-refractivity contribution is 6.32. The standard InChI is InChI=1S/C28H45NO4/c1-7-29(17(2)3)25(31)26(32)33-18(4)22-10-11-23-21-9-8-19-16-20(30)12-14-27(19,5)24(21)13-15-28(22,23)6/h8,17-18,20-24,30H,7,9-16H2,1-6H3/t18?,20-,21-,22+,23-,24-,27-,28+/m0/s1. The summed E-state index contributed by atoms with van der Waals surface area (Å²) in [6, 6.07) is -0.0134. The maximum absolute atomic E-state index is 12.7. The lowest BCUT2D eigenvalue weighted by Gasteiger charge is -2.58. The van der Waals surface area contributed by atoms with Gasteiger partial charge in [0, 0.05) is 18.5 Å². The van der Waals surface area contributed by atoms with Gasteiger partial charge in [-0.1, -0.05) is 25.5 Å². The molecular weight excluding hydrogens is 414 g/mol. The van der Waals surface area contributed by atoms with Crippen LogP contribution in [0, 0.1) is 34.5 Å². The van der Waals surface area contributed by atoms with E-state index in [9.17, 15) is 14.7 Å². The second-order valence-corrected chi connectivity index (χ2v) is 12.2. The third-order valence-electron chi connectivity index (χ3n) is 10.4. The Kier molecular flexibility index (Phi) is 6.76. The first-order valence-electron chi connectivity index (χ1n) is 13.4. The Morgan fingerprint density at radius 1 is 1.12 bits per heavy atom. The third-order valence-corrected chi connectivity index (χ3v) is 10.4. The number of hydrogen-bond acceptors (Lipinski definition) is 4. The minimum Gasteiger partial charge on any atom is -0.455 e. The molecule has 3 fully saturated rings.